The lowest BCUT2D eigenvalue weighted by atomic mass is 10.2. The van der Waals surface area contributed by atoms with Gasteiger partial charge in [-0.15, -0.1) is 0 Å². The van der Waals surface area contributed by atoms with Crippen molar-refractivity contribution in [2.45, 2.75) is 59.0 Å². The SMILES string of the molecule is CCCCC(C)=PC(C)(C)C. The second-order valence-corrected chi connectivity index (χ2v) is 6.45. The Bertz CT molecular complexity index is 128. The fourth-order valence-electron chi connectivity index (χ4n) is 1.06. The largest absolute Gasteiger partial charge is 0.0997 e. The summed E-state index contributed by atoms with van der Waals surface area (Å²) in [5.74, 6) is 0. The Balaban J connectivity index is 3.81. The summed E-state index contributed by atoms with van der Waals surface area (Å²) in [6.07, 6.45) is 3.99. The molecule has 0 saturated carbocycles. The van der Waals surface area contributed by atoms with Crippen LogP contribution in [0.25, 0.3) is 0 Å². The average Bonchev–Trinajstić information content (AvgIpc) is 1.79. The van der Waals surface area contributed by atoms with E-state index in [0.29, 0.717) is 5.16 Å². The maximum absolute atomic E-state index is 2.30. The Morgan fingerprint density at radius 3 is 2.18 bits per heavy atom. The number of rotatable bonds is 3. The molecule has 0 amide bonds. The summed E-state index contributed by atoms with van der Waals surface area (Å²) in [5.41, 5.74) is 0. The quantitative estimate of drug-likeness (QED) is 0.562. The van der Waals surface area contributed by atoms with Crippen LogP contribution >= 0.6 is 8.20 Å². The Morgan fingerprint density at radius 1 is 1.27 bits per heavy atom. The van der Waals surface area contributed by atoms with Crippen molar-refractivity contribution in [2.24, 2.45) is 0 Å². The smallest absolute Gasteiger partial charge is 0.00368 e. The van der Waals surface area contributed by atoms with Gasteiger partial charge in [0.05, 0.1) is 0 Å². The highest BCUT2D eigenvalue weighted by Gasteiger charge is 2.06. The summed E-state index contributed by atoms with van der Waals surface area (Å²) >= 11 is 0. The van der Waals surface area contributed by atoms with Crippen molar-refractivity contribution in [3.05, 3.63) is 0 Å². The standard InChI is InChI=1S/C10H21P/c1-6-7-8-9(2)11-10(3,4)5/h6-8H2,1-5H3. The van der Waals surface area contributed by atoms with Crippen LogP contribution in [0, 0.1) is 0 Å². The zero-order chi connectivity index (χ0) is 8.91. The molecule has 0 spiro atoms. The van der Waals surface area contributed by atoms with E-state index in [2.05, 4.69) is 34.6 Å². The molecule has 0 heterocycles. The van der Waals surface area contributed by atoms with Crippen LogP contribution in [0.3, 0.4) is 0 Å². The molecular weight excluding hydrogens is 151 g/mol. The summed E-state index contributed by atoms with van der Waals surface area (Å²) < 4.78 is 0. The van der Waals surface area contributed by atoms with Gasteiger partial charge in [-0.25, -0.2) is 0 Å². The lowest BCUT2D eigenvalue weighted by Gasteiger charge is -2.12. The van der Waals surface area contributed by atoms with Crippen LogP contribution in [0.2, 0.25) is 0 Å². The molecule has 0 aliphatic rings. The van der Waals surface area contributed by atoms with Gasteiger partial charge in [0, 0.05) is 5.16 Å². The maximum Gasteiger partial charge on any atom is 0.00368 e. The summed E-state index contributed by atoms with van der Waals surface area (Å²) in [7, 11) is 1.53. The van der Waals surface area contributed by atoms with E-state index >= 15 is 0 Å². The van der Waals surface area contributed by atoms with Crippen molar-refractivity contribution in [1.29, 1.82) is 0 Å². The Kier molecular flexibility index (Phi) is 5.01. The minimum atomic E-state index is 0.456. The second-order valence-electron chi connectivity index (χ2n) is 4.12. The third-order valence-electron chi connectivity index (χ3n) is 1.42. The molecule has 0 aliphatic carbocycles. The topological polar surface area (TPSA) is 0 Å². The highest BCUT2D eigenvalue weighted by Crippen LogP contribution is 2.24. The summed E-state index contributed by atoms with van der Waals surface area (Å²) in [6, 6.07) is 0. The van der Waals surface area contributed by atoms with Gasteiger partial charge in [-0.2, -0.15) is 0 Å². The number of unbranched alkanes of at least 4 members (excludes halogenated alkanes) is 1. The highest BCUT2D eigenvalue weighted by atomic mass is 31.1. The predicted molar refractivity (Wildman–Crippen MR) is 56.9 cm³/mol. The fourth-order valence-corrected chi connectivity index (χ4v) is 2.48. The van der Waals surface area contributed by atoms with Gasteiger partial charge < -0.3 is 0 Å². The molecule has 0 atom stereocenters. The van der Waals surface area contributed by atoms with E-state index < -0.39 is 0 Å². The van der Waals surface area contributed by atoms with E-state index in [1.54, 1.807) is 5.29 Å². The molecule has 0 fully saturated rings. The zero-order valence-electron chi connectivity index (χ0n) is 8.57. The highest BCUT2D eigenvalue weighted by molar-refractivity contribution is 7.42. The molecule has 11 heavy (non-hydrogen) atoms. The van der Waals surface area contributed by atoms with E-state index in [0.717, 1.165) is 0 Å². The van der Waals surface area contributed by atoms with Gasteiger partial charge in [-0.3, -0.25) is 0 Å². The Labute approximate surface area is 73.2 Å². The summed E-state index contributed by atoms with van der Waals surface area (Å²) in [4.78, 5) is 0. The lowest BCUT2D eigenvalue weighted by molar-refractivity contribution is 0.800. The van der Waals surface area contributed by atoms with Gasteiger partial charge in [-0.05, 0) is 25.1 Å². The number of hydrogen-bond acceptors (Lipinski definition) is 0. The third-order valence-corrected chi connectivity index (χ3v) is 2.69. The molecule has 0 saturated heterocycles. The van der Waals surface area contributed by atoms with Crippen molar-refractivity contribution in [3.8, 4) is 0 Å². The van der Waals surface area contributed by atoms with Gasteiger partial charge in [0.25, 0.3) is 0 Å². The van der Waals surface area contributed by atoms with E-state index in [1.165, 1.54) is 27.5 Å². The first-order valence-electron chi connectivity index (χ1n) is 4.51. The normalized spacial score (nSPS) is 13.7. The van der Waals surface area contributed by atoms with Crippen molar-refractivity contribution < 1.29 is 0 Å². The third kappa shape index (κ3) is 8.07. The predicted octanol–water partition coefficient (Wildman–Crippen LogP) is 4.11. The summed E-state index contributed by atoms with van der Waals surface area (Å²) in [5, 5.41) is 2.09. The van der Waals surface area contributed by atoms with Crippen molar-refractivity contribution in [1.82, 2.24) is 0 Å². The molecule has 0 nitrogen and oxygen atoms in total. The van der Waals surface area contributed by atoms with Crippen LogP contribution in [-0.4, -0.2) is 10.4 Å². The Hall–Kier alpha value is 0.170. The molecule has 0 rings (SSSR count). The molecule has 0 bridgehead atoms. The first-order chi connectivity index (χ1) is 4.95. The molecule has 0 aromatic heterocycles. The van der Waals surface area contributed by atoms with Crippen molar-refractivity contribution in [3.63, 3.8) is 0 Å². The fraction of sp³-hybridized carbons (Fsp3) is 0.900. The second kappa shape index (κ2) is 4.93. The summed E-state index contributed by atoms with van der Waals surface area (Å²) in [6.45, 7) is 11.4. The molecular formula is C10H21P. The first-order valence-corrected chi connectivity index (χ1v) is 5.40. The first kappa shape index (κ1) is 11.2. The molecule has 66 valence electrons. The Morgan fingerprint density at radius 2 is 1.82 bits per heavy atom. The molecule has 0 aromatic carbocycles. The van der Waals surface area contributed by atoms with Crippen LogP contribution in [0.5, 0.6) is 0 Å². The number of hydrogen-bond donors (Lipinski definition) is 0. The van der Waals surface area contributed by atoms with Crippen LogP contribution in [0.15, 0.2) is 0 Å². The van der Waals surface area contributed by atoms with Crippen LogP contribution in [0.1, 0.15) is 53.9 Å². The molecule has 0 aliphatic heterocycles. The van der Waals surface area contributed by atoms with Crippen molar-refractivity contribution in [2.75, 3.05) is 0 Å². The van der Waals surface area contributed by atoms with Crippen LogP contribution in [0.4, 0.5) is 0 Å². The average molecular weight is 172 g/mol. The minimum absolute atomic E-state index is 0.456. The van der Waals surface area contributed by atoms with Gasteiger partial charge in [0.1, 0.15) is 0 Å². The van der Waals surface area contributed by atoms with E-state index in [1.807, 2.05) is 0 Å². The molecule has 0 unspecified atom stereocenters. The van der Waals surface area contributed by atoms with Gasteiger partial charge >= 0.3 is 0 Å². The molecule has 0 aromatic rings. The molecule has 0 radical (unpaired) electrons. The monoisotopic (exact) mass is 172 g/mol. The lowest BCUT2D eigenvalue weighted by Crippen LogP contribution is -2.04. The molecule has 1 heteroatoms. The van der Waals surface area contributed by atoms with Gasteiger partial charge in [0.15, 0.2) is 0 Å². The minimum Gasteiger partial charge on any atom is -0.0997 e. The zero-order valence-corrected chi connectivity index (χ0v) is 9.46. The molecule has 0 N–H and O–H groups in total. The van der Waals surface area contributed by atoms with Crippen LogP contribution < -0.4 is 0 Å². The van der Waals surface area contributed by atoms with Gasteiger partial charge in [0.2, 0.25) is 0 Å². The maximum atomic E-state index is 2.30. The van der Waals surface area contributed by atoms with Crippen LogP contribution in [-0.2, 0) is 0 Å². The van der Waals surface area contributed by atoms with E-state index in [4.69, 9.17) is 0 Å². The van der Waals surface area contributed by atoms with Gasteiger partial charge in [-0.1, -0.05) is 42.3 Å². The van der Waals surface area contributed by atoms with Crippen molar-refractivity contribution >= 4 is 13.5 Å². The van der Waals surface area contributed by atoms with E-state index in [9.17, 15) is 0 Å². The van der Waals surface area contributed by atoms with E-state index in [-0.39, 0.29) is 0 Å².